The van der Waals surface area contributed by atoms with E-state index in [2.05, 4.69) is 23.5 Å². The summed E-state index contributed by atoms with van der Waals surface area (Å²) in [6.45, 7) is 4.21. The molecule has 0 aromatic heterocycles. The van der Waals surface area contributed by atoms with E-state index in [0.29, 0.717) is 11.3 Å². The van der Waals surface area contributed by atoms with Gasteiger partial charge in [-0.25, -0.2) is 8.42 Å². The largest absolute Gasteiger partial charge is 0.346 e. The van der Waals surface area contributed by atoms with Crippen molar-refractivity contribution >= 4 is 21.6 Å². The number of fused-ring (bicyclic) bond motifs is 1. The second-order valence-electron chi connectivity index (χ2n) is 8.88. The number of nitrogens with one attached hydrogen (secondary N) is 1. The molecular weight excluding hydrogens is 432 g/mol. The van der Waals surface area contributed by atoms with E-state index < -0.39 is 10.0 Å². The van der Waals surface area contributed by atoms with Crippen LogP contribution in [0.1, 0.15) is 57.6 Å². The Labute approximate surface area is 196 Å². The fourth-order valence-corrected chi connectivity index (χ4v) is 5.15. The number of sulfonamides is 1. The highest BCUT2D eigenvalue weighted by molar-refractivity contribution is 7.92. The van der Waals surface area contributed by atoms with Crippen LogP contribution >= 0.6 is 0 Å². The van der Waals surface area contributed by atoms with Gasteiger partial charge in [-0.05, 0) is 79.6 Å². The lowest BCUT2D eigenvalue weighted by Crippen LogP contribution is -2.29. The minimum Gasteiger partial charge on any atom is -0.346 e. The molecule has 1 atom stereocenters. The Balaban J connectivity index is 1.47. The molecule has 0 spiro atoms. The first-order valence-electron chi connectivity index (χ1n) is 11.3. The summed E-state index contributed by atoms with van der Waals surface area (Å²) in [5.74, 6) is -0.181. The first kappa shape index (κ1) is 23.1. The van der Waals surface area contributed by atoms with Crippen LogP contribution in [0.3, 0.4) is 0 Å². The number of benzene rings is 3. The number of carbonyl (C=O) groups excluding carboxylic acids is 1. The number of nitrogens with zero attached hydrogens (tertiary/aromatic N) is 1. The fraction of sp³-hybridized carbons (Fsp3) is 0.296. The molecule has 0 fully saturated rings. The van der Waals surface area contributed by atoms with E-state index in [9.17, 15) is 13.2 Å². The van der Waals surface area contributed by atoms with Crippen LogP contribution in [0, 0.1) is 6.92 Å². The lowest BCUT2D eigenvalue weighted by Gasteiger charge is -2.23. The van der Waals surface area contributed by atoms with E-state index in [4.69, 9.17) is 0 Å². The van der Waals surface area contributed by atoms with Crippen molar-refractivity contribution in [3.05, 3.63) is 100 Å². The lowest BCUT2D eigenvalue weighted by atomic mass is 10.0. The third-order valence-electron chi connectivity index (χ3n) is 6.23. The molecule has 33 heavy (non-hydrogen) atoms. The topological polar surface area (TPSA) is 66.5 Å². The molecule has 0 bridgehead atoms. The number of rotatable bonds is 7. The minimum atomic E-state index is -3.49. The molecule has 4 rings (SSSR count). The van der Waals surface area contributed by atoms with Crippen molar-refractivity contribution in [2.75, 3.05) is 10.6 Å². The van der Waals surface area contributed by atoms with Gasteiger partial charge in [0.15, 0.2) is 0 Å². The molecule has 0 radical (unpaired) electrons. The zero-order chi connectivity index (χ0) is 23.6. The normalized spacial score (nSPS) is 13.9. The van der Waals surface area contributed by atoms with Gasteiger partial charge in [-0.2, -0.15) is 0 Å². The van der Waals surface area contributed by atoms with Crippen LogP contribution < -0.4 is 9.62 Å². The van der Waals surface area contributed by atoms with Crippen molar-refractivity contribution in [2.24, 2.45) is 0 Å². The number of carbonyl (C=O) groups is 1. The number of aryl methyl sites for hydroxylation is 3. The molecule has 1 N–H and O–H groups in total. The highest BCUT2D eigenvalue weighted by Gasteiger charge is 2.19. The molecule has 1 aliphatic rings. The Bertz CT molecular complexity index is 1250. The zero-order valence-corrected chi connectivity index (χ0v) is 20.2. The van der Waals surface area contributed by atoms with Crippen LogP contribution in [-0.4, -0.2) is 20.6 Å². The third kappa shape index (κ3) is 5.45. The van der Waals surface area contributed by atoms with E-state index in [1.165, 1.54) is 28.1 Å². The molecule has 3 aromatic carbocycles. The summed E-state index contributed by atoms with van der Waals surface area (Å²) >= 11 is 0. The molecule has 5 nitrogen and oxygen atoms in total. The van der Waals surface area contributed by atoms with E-state index >= 15 is 0 Å². The number of hydrogen-bond donors (Lipinski definition) is 1. The number of anilines is 1. The predicted molar refractivity (Wildman–Crippen MR) is 133 cm³/mol. The van der Waals surface area contributed by atoms with Crippen LogP contribution in [0.25, 0.3) is 0 Å². The first-order valence-corrected chi connectivity index (χ1v) is 13.1. The summed E-state index contributed by atoms with van der Waals surface area (Å²) in [4.78, 5) is 12.8. The molecule has 3 aromatic rings. The van der Waals surface area contributed by atoms with Gasteiger partial charge in [0, 0.05) is 5.56 Å². The molecule has 0 aliphatic heterocycles. The maximum atomic E-state index is 12.8. The Morgan fingerprint density at radius 3 is 2.30 bits per heavy atom. The lowest BCUT2D eigenvalue weighted by molar-refractivity contribution is 0.0940. The van der Waals surface area contributed by atoms with Crippen molar-refractivity contribution in [2.45, 2.75) is 45.7 Å². The van der Waals surface area contributed by atoms with Crippen molar-refractivity contribution in [1.29, 1.82) is 0 Å². The van der Waals surface area contributed by atoms with Gasteiger partial charge >= 0.3 is 0 Å². The summed E-state index contributed by atoms with van der Waals surface area (Å²) in [6, 6.07) is 20.8. The quantitative estimate of drug-likeness (QED) is 0.541. The van der Waals surface area contributed by atoms with Gasteiger partial charge in [-0.3, -0.25) is 9.10 Å². The Morgan fingerprint density at radius 2 is 1.64 bits per heavy atom. The van der Waals surface area contributed by atoms with Gasteiger partial charge in [0.25, 0.3) is 5.91 Å². The Hall–Kier alpha value is -3.12. The molecule has 172 valence electrons. The SMILES string of the molecule is Cc1ccc(CN(c2ccc(C(=O)N[C@@H](C)c3ccc4c(c3)CCC4)cc2)S(C)(=O)=O)cc1. The van der Waals surface area contributed by atoms with E-state index in [-0.39, 0.29) is 18.5 Å². The molecule has 0 saturated heterocycles. The Morgan fingerprint density at radius 1 is 0.970 bits per heavy atom. The highest BCUT2D eigenvalue weighted by Crippen LogP contribution is 2.26. The molecule has 1 amide bonds. The van der Waals surface area contributed by atoms with E-state index in [0.717, 1.165) is 29.5 Å². The van der Waals surface area contributed by atoms with Gasteiger partial charge in [-0.15, -0.1) is 0 Å². The standard InChI is InChI=1S/C27H30N2O3S/c1-19-7-9-21(10-8-19)18-29(33(3,31)32)26-15-13-23(14-16-26)27(30)28-20(2)24-12-11-22-5-4-6-25(22)17-24/h7-17,20H,4-6,18H2,1-3H3,(H,28,30)/t20-/m0/s1. The van der Waals surface area contributed by atoms with Gasteiger partial charge in [0.05, 0.1) is 24.5 Å². The number of amides is 1. The van der Waals surface area contributed by atoms with Crippen LogP contribution in [0.2, 0.25) is 0 Å². The smallest absolute Gasteiger partial charge is 0.251 e. The van der Waals surface area contributed by atoms with Crippen LogP contribution in [0.15, 0.2) is 66.7 Å². The van der Waals surface area contributed by atoms with Crippen molar-refractivity contribution in [3.8, 4) is 0 Å². The molecule has 0 saturated carbocycles. The summed E-state index contributed by atoms with van der Waals surface area (Å²) in [5.41, 5.74) is 6.94. The molecule has 1 aliphatic carbocycles. The van der Waals surface area contributed by atoms with Crippen LogP contribution in [0.5, 0.6) is 0 Å². The van der Waals surface area contributed by atoms with Gasteiger partial charge in [0.2, 0.25) is 10.0 Å². The maximum absolute atomic E-state index is 12.8. The van der Waals surface area contributed by atoms with Gasteiger partial charge in [0.1, 0.15) is 0 Å². The summed E-state index contributed by atoms with van der Waals surface area (Å²) in [7, 11) is -3.49. The molecule has 0 heterocycles. The second kappa shape index (κ2) is 9.40. The molecule has 6 heteroatoms. The molecule has 0 unspecified atom stereocenters. The first-order chi connectivity index (χ1) is 15.7. The maximum Gasteiger partial charge on any atom is 0.251 e. The summed E-state index contributed by atoms with van der Waals surface area (Å²) < 4.78 is 26.3. The van der Waals surface area contributed by atoms with Crippen molar-refractivity contribution < 1.29 is 13.2 Å². The van der Waals surface area contributed by atoms with Crippen molar-refractivity contribution in [1.82, 2.24) is 5.32 Å². The average Bonchev–Trinajstić information content (AvgIpc) is 3.26. The summed E-state index contributed by atoms with van der Waals surface area (Å²) in [6.07, 6.45) is 4.63. The second-order valence-corrected chi connectivity index (χ2v) is 10.8. The van der Waals surface area contributed by atoms with Gasteiger partial charge < -0.3 is 5.32 Å². The van der Waals surface area contributed by atoms with Gasteiger partial charge in [-0.1, -0.05) is 48.0 Å². The van der Waals surface area contributed by atoms with Crippen LogP contribution in [-0.2, 0) is 29.4 Å². The van der Waals surface area contributed by atoms with E-state index in [1.54, 1.807) is 24.3 Å². The van der Waals surface area contributed by atoms with Crippen molar-refractivity contribution in [3.63, 3.8) is 0 Å². The average molecular weight is 463 g/mol. The van der Waals surface area contributed by atoms with Crippen LogP contribution in [0.4, 0.5) is 5.69 Å². The zero-order valence-electron chi connectivity index (χ0n) is 19.3. The third-order valence-corrected chi connectivity index (χ3v) is 7.38. The minimum absolute atomic E-state index is 0.114. The monoisotopic (exact) mass is 462 g/mol. The summed E-state index contributed by atoms with van der Waals surface area (Å²) in [5, 5.41) is 3.06. The van der Waals surface area contributed by atoms with E-state index in [1.807, 2.05) is 38.1 Å². The molecular formula is C27H30N2O3S. The fourth-order valence-electron chi connectivity index (χ4n) is 4.26. The number of hydrogen-bond acceptors (Lipinski definition) is 3. The predicted octanol–water partition coefficient (Wildman–Crippen LogP) is 4.94. The Kier molecular flexibility index (Phi) is 6.56. The highest BCUT2D eigenvalue weighted by atomic mass is 32.2.